The number of methoxy groups -OCH3 is 1. The summed E-state index contributed by atoms with van der Waals surface area (Å²) in [6.07, 6.45) is 8.19. The van der Waals surface area contributed by atoms with Crippen molar-refractivity contribution in [1.82, 2.24) is 0 Å². The van der Waals surface area contributed by atoms with E-state index in [-0.39, 0.29) is 30.5 Å². The van der Waals surface area contributed by atoms with Gasteiger partial charge in [0.15, 0.2) is 11.7 Å². The first-order valence-electron chi connectivity index (χ1n) is 13.4. The lowest BCUT2D eigenvalue weighted by atomic mass is 9.77. The number of piperidine rings is 1. The van der Waals surface area contributed by atoms with Crippen molar-refractivity contribution in [2.45, 2.75) is 75.7 Å². The summed E-state index contributed by atoms with van der Waals surface area (Å²) in [7, 11) is 3.98. The molecule has 2 aromatic rings. The van der Waals surface area contributed by atoms with Crippen LogP contribution >= 0.6 is 0 Å². The van der Waals surface area contributed by atoms with Crippen LogP contribution < -0.4 is 17.1 Å². The van der Waals surface area contributed by atoms with E-state index in [9.17, 15) is 9.90 Å². The fraction of sp³-hybridized carbons (Fsp3) is 0.567. The van der Waals surface area contributed by atoms with Crippen LogP contribution in [0.2, 0.25) is 0 Å². The van der Waals surface area contributed by atoms with E-state index < -0.39 is 11.6 Å². The minimum absolute atomic E-state index is 0. The number of esters is 1. The van der Waals surface area contributed by atoms with Gasteiger partial charge in [-0.2, -0.15) is 0 Å². The van der Waals surface area contributed by atoms with Crippen molar-refractivity contribution in [3.63, 3.8) is 0 Å². The number of carbonyl (C=O) groups is 1. The summed E-state index contributed by atoms with van der Waals surface area (Å²) in [4.78, 5) is 13.9. The van der Waals surface area contributed by atoms with Gasteiger partial charge in [0.05, 0.1) is 26.6 Å². The molecule has 0 aromatic heterocycles. The Morgan fingerprint density at radius 2 is 1.64 bits per heavy atom. The molecule has 0 amide bonds. The molecule has 3 fully saturated rings. The maximum atomic E-state index is 13.9. The second kappa shape index (κ2) is 11.1. The first-order chi connectivity index (χ1) is 16.9. The van der Waals surface area contributed by atoms with Crippen LogP contribution in [0.15, 0.2) is 54.6 Å². The number of halogens is 1. The summed E-state index contributed by atoms with van der Waals surface area (Å²) in [6, 6.07) is 18.1. The molecule has 0 radical (unpaired) electrons. The lowest BCUT2D eigenvalue weighted by molar-refractivity contribution is -0.939. The van der Waals surface area contributed by atoms with Crippen LogP contribution in [0, 0.1) is 11.8 Å². The molecule has 1 heterocycles. The zero-order valence-electron chi connectivity index (χ0n) is 21.6. The van der Waals surface area contributed by atoms with Crippen molar-refractivity contribution in [3.05, 3.63) is 65.7 Å². The molecule has 2 saturated carbocycles. The van der Waals surface area contributed by atoms with Crippen LogP contribution in [0.25, 0.3) is 0 Å². The lowest BCUT2D eigenvalue weighted by Gasteiger charge is -2.39. The molecule has 196 valence electrons. The molecule has 6 heteroatoms. The maximum Gasteiger partial charge on any atom is 0.343 e. The normalized spacial score (nSPS) is 29.6. The Kier molecular flexibility index (Phi) is 8.33. The van der Waals surface area contributed by atoms with Crippen LogP contribution in [0.1, 0.15) is 62.5 Å². The molecule has 2 aliphatic carbocycles. The van der Waals surface area contributed by atoms with E-state index in [0.29, 0.717) is 11.5 Å². The zero-order chi connectivity index (χ0) is 24.5. The average molecular weight is 514 g/mol. The number of carbonyl (C=O) groups excluding carboxylic acids is 1. The third-order valence-electron chi connectivity index (χ3n) is 9.05. The van der Waals surface area contributed by atoms with E-state index in [0.717, 1.165) is 61.8 Å². The number of benzene rings is 2. The smallest absolute Gasteiger partial charge is 0.343 e. The molecule has 2 aromatic carbocycles. The highest BCUT2D eigenvalue weighted by molar-refractivity contribution is 5.82. The van der Waals surface area contributed by atoms with Gasteiger partial charge >= 0.3 is 5.97 Å². The van der Waals surface area contributed by atoms with Crippen LogP contribution in [-0.2, 0) is 21.7 Å². The first kappa shape index (κ1) is 27.0. The fourth-order valence-corrected chi connectivity index (χ4v) is 7.19. The Hall–Kier alpha value is -2.08. The summed E-state index contributed by atoms with van der Waals surface area (Å²) < 4.78 is 12.5. The highest BCUT2D eigenvalue weighted by Crippen LogP contribution is 2.47. The van der Waals surface area contributed by atoms with Crippen molar-refractivity contribution in [3.8, 4) is 5.75 Å². The van der Waals surface area contributed by atoms with Gasteiger partial charge in [-0.25, -0.2) is 4.79 Å². The molecule has 36 heavy (non-hydrogen) atoms. The molecular weight excluding hydrogens is 474 g/mol. The Morgan fingerprint density at radius 3 is 2.28 bits per heavy atom. The summed E-state index contributed by atoms with van der Waals surface area (Å²) in [5, 5.41) is 12.1. The monoisotopic (exact) mass is 513 g/mol. The van der Waals surface area contributed by atoms with Crippen LogP contribution in [-0.4, -0.2) is 48.4 Å². The van der Waals surface area contributed by atoms with Gasteiger partial charge in [0, 0.05) is 17.9 Å². The average Bonchev–Trinajstić information content (AvgIpc) is 3.22. The van der Waals surface area contributed by atoms with Gasteiger partial charge in [-0.15, -0.1) is 0 Å². The molecule has 5 rings (SSSR count). The molecule has 1 aliphatic heterocycles. The van der Waals surface area contributed by atoms with E-state index in [2.05, 4.69) is 19.2 Å². The number of hydrogen-bond donors (Lipinski definition) is 1. The molecule has 5 nitrogen and oxygen atoms in total. The number of aliphatic hydroxyl groups is 1. The topological polar surface area (TPSA) is 55.8 Å². The minimum Gasteiger partial charge on any atom is -1.00 e. The van der Waals surface area contributed by atoms with E-state index in [1.807, 2.05) is 42.5 Å². The number of fused-ring (bicyclic) bond motifs is 2. The third kappa shape index (κ3) is 5.03. The van der Waals surface area contributed by atoms with Crippen LogP contribution in [0.4, 0.5) is 0 Å². The molecule has 0 spiro atoms. The van der Waals surface area contributed by atoms with Gasteiger partial charge < -0.3 is 31.5 Å². The number of hydrogen-bond acceptors (Lipinski definition) is 4. The van der Waals surface area contributed by atoms with Gasteiger partial charge in [-0.3, -0.25) is 0 Å². The van der Waals surface area contributed by atoms with E-state index in [4.69, 9.17) is 9.47 Å². The number of nitrogens with zero attached hydrogens (tertiary/aromatic N) is 1. The highest BCUT2D eigenvalue weighted by atomic mass is 35.5. The summed E-state index contributed by atoms with van der Waals surface area (Å²) in [5.41, 5.74) is 0.371. The van der Waals surface area contributed by atoms with E-state index in [1.165, 1.54) is 18.4 Å². The zero-order valence-corrected chi connectivity index (χ0v) is 22.3. The second-order valence-electron chi connectivity index (χ2n) is 11.3. The lowest BCUT2D eigenvalue weighted by Crippen LogP contribution is -3.00. The SMILES string of the molecule is COc1ccc(C[N+]2(C)CC3CC[C@@H]2C3OC(=O)C(O)(c2ccccc2)C2CCCCCC2)cc1.[Cl-]. The number of rotatable bonds is 7. The number of quaternary nitrogens is 1. The Bertz CT molecular complexity index is 1010. The second-order valence-corrected chi connectivity index (χ2v) is 11.3. The van der Waals surface area contributed by atoms with Gasteiger partial charge in [-0.1, -0.05) is 56.0 Å². The molecule has 4 unspecified atom stereocenters. The third-order valence-corrected chi connectivity index (χ3v) is 9.05. The molecule has 1 N–H and O–H groups in total. The summed E-state index contributed by atoms with van der Waals surface area (Å²) in [5.74, 6) is 0.681. The Balaban J connectivity index is 0.00000304. The quantitative estimate of drug-likeness (QED) is 0.350. The predicted octanol–water partition coefficient (Wildman–Crippen LogP) is 2.21. The van der Waals surface area contributed by atoms with Crippen molar-refractivity contribution in [2.75, 3.05) is 20.7 Å². The largest absolute Gasteiger partial charge is 1.00 e. The van der Waals surface area contributed by atoms with Crippen LogP contribution in [0.5, 0.6) is 5.75 Å². The molecule has 2 bridgehead atoms. The molecule has 3 aliphatic rings. The van der Waals surface area contributed by atoms with Gasteiger partial charge in [0.25, 0.3) is 0 Å². The highest BCUT2D eigenvalue weighted by Gasteiger charge is 2.59. The molecular formula is C30H40ClNO4. The minimum atomic E-state index is -1.58. The van der Waals surface area contributed by atoms with E-state index in [1.54, 1.807) is 7.11 Å². The van der Waals surface area contributed by atoms with E-state index >= 15 is 0 Å². The van der Waals surface area contributed by atoms with Crippen molar-refractivity contribution in [1.29, 1.82) is 0 Å². The number of likely N-dealkylation sites (N-methyl/N-ethyl adjacent to an activating group) is 1. The Labute approximate surface area is 221 Å². The van der Waals surface area contributed by atoms with Gasteiger partial charge in [-0.05, 0) is 49.1 Å². The molecule has 1 saturated heterocycles. The Morgan fingerprint density at radius 1 is 0.972 bits per heavy atom. The number of ether oxygens (including phenoxy) is 2. The maximum absolute atomic E-state index is 13.9. The van der Waals surface area contributed by atoms with Crippen molar-refractivity contribution >= 4 is 5.97 Å². The summed E-state index contributed by atoms with van der Waals surface area (Å²) >= 11 is 0. The summed E-state index contributed by atoms with van der Waals surface area (Å²) in [6.45, 7) is 1.91. The molecule has 5 atom stereocenters. The van der Waals surface area contributed by atoms with Crippen LogP contribution in [0.3, 0.4) is 0 Å². The van der Waals surface area contributed by atoms with Gasteiger partial charge in [0.1, 0.15) is 18.3 Å². The standard InChI is InChI=1S/C30H40NO4.ClH/c1-31(20-22-14-17-26(34-2)18-15-22)21-23-16-19-27(31)28(23)35-29(32)30(33,25-12-8-5-9-13-25)24-10-6-3-4-7-11-24;/h5,8-9,12-15,17-18,23-24,27-28,33H,3-4,6-7,10-11,16,19-21H2,1-2H3;1H/q+1;/p-1/t23?,27-,28?,30?,31?;/m1./s1. The van der Waals surface area contributed by atoms with Crippen molar-refractivity contribution in [2.24, 2.45) is 11.8 Å². The fourth-order valence-electron chi connectivity index (χ4n) is 7.19. The predicted molar refractivity (Wildman–Crippen MR) is 136 cm³/mol. The van der Waals surface area contributed by atoms with Crippen molar-refractivity contribution < 1.29 is 36.3 Å². The number of likely N-dealkylation sites (tertiary alicyclic amines) is 1. The first-order valence-corrected chi connectivity index (χ1v) is 13.4. The van der Waals surface area contributed by atoms with Gasteiger partial charge in [0.2, 0.25) is 0 Å².